The predicted molar refractivity (Wildman–Crippen MR) is 81.3 cm³/mol. The van der Waals surface area contributed by atoms with Crippen LogP contribution in [0.15, 0.2) is 12.1 Å². The molecule has 0 saturated carbocycles. The molecule has 1 aromatic carbocycles. The van der Waals surface area contributed by atoms with Crippen molar-refractivity contribution < 1.29 is 4.39 Å². The summed E-state index contributed by atoms with van der Waals surface area (Å²) in [6, 6.07) is 3.72. The Morgan fingerprint density at radius 3 is 2.37 bits per heavy atom. The zero-order valence-electron chi connectivity index (χ0n) is 12.0. The molecule has 0 unspecified atom stereocenters. The van der Waals surface area contributed by atoms with Gasteiger partial charge in [-0.1, -0.05) is 11.6 Å². The lowest BCUT2D eigenvalue weighted by Crippen LogP contribution is -2.40. The van der Waals surface area contributed by atoms with Gasteiger partial charge in [0.05, 0.1) is 16.4 Å². The fourth-order valence-electron chi connectivity index (χ4n) is 2.15. The van der Waals surface area contributed by atoms with E-state index in [1.54, 1.807) is 0 Å². The molecule has 0 aromatic heterocycles. The van der Waals surface area contributed by atoms with Crippen LogP contribution in [0.3, 0.4) is 0 Å². The van der Waals surface area contributed by atoms with Crippen molar-refractivity contribution >= 4 is 23.0 Å². The standard InChI is InChI=1S/C14H23ClFN3/c1-9(2)19(10(3)4)6-5-18-14-8-12(16)11(15)7-13(14)17/h7-10,18H,5-6,17H2,1-4H3. The van der Waals surface area contributed by atoms with Gasteiger partial charge in [0.15, 0.2) is 0 Å². The summed E-state index contributed by atoms with van der Waals surface area (Å²) in [6.45, 7) is 10.2. The normalized spacial score (nSPS) is 11.6. The Bertz CT molecular complexity index is 413. The molecule has 1 rings (SSSR count). The average Bonchev–Trinajstić information content (AvgIpc) is 2.29. The Morgan fingerprint density at radius 2 is 1.84 bits per heavy atom. The van der Waals surface area contributed by atoms with Crippen molar-refractivity contribution in [2.75, 3.05) is 24.1 Å². The first-order valence-electron chi connectivity index (χ1n) is 6.57. The Kier molecular flexibility index (Phi) is 5.88. The quantitative estimate of drug-likeness (QED) is 0.786. The summed E-state index contributed by atoms with van der Waals surface area (Å²) >= 11 is 5.66. The number of nitrogens with one attached hydrogen (secondary N) is 1. The largest absolute Gasteiger partial charge is 0.397 e. The van der Waals surface area contributed by atoms with Gasteiger partial charge in [0, 0.05) is 31.2 Å². The first kappa shape index (κ1) is 16.1. The number of halogens is 2. The number of hydrogen-bond acceptors (Lipinski definition) is 3. The lowest BCUT2D eigenvalue weighted by molar-refractivity contribution is 0.182. The van der Waals surface area contributed by atoms with Gasteiger partial charge in [-0.3, -0.25) is 4.90 Å². The van der Waals surface area contributed by atoms with Crippen LogP contribution in [0.2, 0.25) is 5.02 Å². The van der Waals surface area contributed by atoms with E-state index in [2.05, 4.69) is 37.9 Å². The first-order chi connectivity index (χ1) is 8.82. The Morgan fingerprint density at radius 1 is 1.26 bits per heavy atom. The third-order valence-corrected chi connectivity index (χ3v) is 3.39. The topological polar surface area (TPSA) is 41.3 Å². The highest BCUT2D eigenvalue weighted by atomic mass is 35.5. The van der Waals surface area contributed by atoms with E-state index in [9.17, 15) is 4.39 Å². The number of nitrogen functional groups attached to an aromatic ring is 1. The average molecular weight is 288 g/mol. The Balaban J connectivity index is 2.60. The molecular weight excluding hydrogens is 265 g/mol. The van der Waals surface area contributed by atoms with Crippen molar-refractivity contribution in [2.45, 2.75) is 39.8 Å². The number of nitrogens with zero attached hydrogens (tertiary/aromatic N) is 1. The molecule has 0 bridgehead atoms. The molecule has 5 heteroatoms. The molecule has 0 spiro atoms. The summed E-state index contributed by atoms with van der Waals surface area (Å²) in [5.41, 5.74) is 6.86. The molecule has 0 aliphatic carbocycles. The molecule has 0 heterocycles. The monoisotopic (exact) mass is 287 g/mol. The van der Waals surface area contributed by atoms with Gasteiger partial charge in [-0.15, -0.1) is 0 Å². The minimum atomic E-state index is -0.456. The zero-order valence-corrected chi connectivity index (χ0v) is 12.8. The molecule has 0 radical (unpaired) electrons. The van der Waals surface area contributed by atoms with Gasteiger partial charge in [-0.2, -0.15) is 0 Å². The number of hydrogen-bond donors (Lipinski definition) is 2. The van der Waals surface area contributed by atoms with Crippen LogP contribution >= 0.6 is 11.6 Å². The molecule has 0 saturated heterocycles. The third kappa shape index (κ3) is 4.55. The van der Waals surface area contributed by atoms with Crippen LogP contribution in [0, 0.1) is 5.82 Å². The van der Waals surface area contributed by atoms with Crippen LogP contribution in [0.25, 0.3) is 0 Å². The second-order valence-corrected chi connectivity index (χ2v) is 5.61. The molecule has 3 nitrogen and oxygen atoms in total. The second-order valence-electron chi connectivity index (χ2n) is 5.21. The maximum atomic E-state index is 13.4. The van der Waals surface area contributed by atoms with E-state index >= 15 is 0 Å². The van der Waals surface area contributed by atoms with Crippen LogP contribution in [-0.2, 0) is 0 Å². The molecule has 0 aliphatic heterocycles. The van der Waals surface area contributed by atoms with E-state index < -0.39 is 5.82 Å². The van der Waals surface area contributed by atoms with Crippen LogP contribution in [-0.4, -0.2) is 30.1 Å². The molecule has 0 atom stereocenters. The maximum absolute atomic E-state index is 13.4. The van der Waals surface area contributed by atoms with Crippen LogP contribution in [0.4, 0.5) is 15.8 Å². The van der Waals surface area contributed by atoms with Crippen LogP contribution < -0.4 is 11.1 Å². The summed E-state index contributed by atoms with van der Waals surface area (Å²) in [5, 5.41) is 3.21. The predicted octanol–water partition coefficient (Wildman–Crippen LogP) is 3.59. The molecule has 3 N–H and O–H groups in total. The number of nitrogens with two attached hydrogens (primary N) is 1. The van der Waals surface area contributed by atoms with Crippen molar-refractivity contribution in [1.82, 2.24) is 4.90 Å². The highest BCUT2D eigenvalue weighted by Gasteiger charge is 2.13. The first-order valence-corrected chi connectivity index (χ1v) is 6.94. The lowest BCUT2D eigenvalue weighted by atomic mass is 10.2. The summed E-state index contributed by atoms with van der Waals surface area (Å²) in [6.07, 6.45) is 0. The van der Waals surface area contributed by atoms with E-state index in [-0.39, 0.29) is 5.02 Å². The number of benzene rings is 1. The van der Waals surface area contributed by atoms with Crippen molar-refractivity contribution in [3.8, 4) is 0 Å². The van der Waals surface area contributed by atoms with Crippen LogP contribution in [0.1, 0.15) is 27.7 Å². The van der Waals surface area contributed by atoms with Gasteiger partial charge < -0.3 is 11.1 Å². The number of rotatable bonds is 6. The summed E-state index contributed by atoms with van der Waals surface area (Å²) in [4.78, 5) is 2.36. The van der Waals surface area contributed by atoms with E-state index in [0.29, 0.717) is 30.0 Å². The fourth-order valence-corrected chi connectivity index (χ4v) is 2.32. The van der Waals surface area contributed by atoms with Crippen molar-refractivity contribution in [1.29, 1.82) is 0 Å². The molecule has 1 aromatic rings. The molecule has 0 fully saturated rings. The van der Waals surface area contributed by atoms with Gasteiger partial charge in [0.25, 0.3) is 0 Å². The van der Waals surface area contributed by atoms with Crippen molar-refractivity contribution in [2.24, 2.45) is 0 Å². The van der Waals surface area contributed by atoms with E-state index in [4.69, 9.17) is 17.3 Å². The fraction of sp³-hybridized carbons (Fsp3) is 0.571. The Labute approximate surface area is 119 Å². The SMILES string of the molecule is CC(C)N(CCNc1cc(F)c(Cl)cc1N)C(C)C. The molecule has 108 valence electrons. The summed E-state index contributed by atoms with van der Waals surface area (Å²) in [5.74, 6) is -0.456. The van der Waals surface area contributed by atoms with Gasteiger partial charge in [-0.05, 0) is 33.8 Å². The Hall–Kier alpha value is -1.00. The molecule has 19 heavy (non-hydrogen) atoms. The van der Waals surface area contributed by atoms with E-state index in [1.165, 1.54) is 12.1 Å². The summed E-state index contributed by atoms with van der Waals surface area (Å²) < 4.78 is 13.4. The highest BCUT2D eigenvalue weighted by molar-refractivity contribution is 6.31. The molecule has 0 amide bonds. The van der Waals surface area contributed by atoms with Crippen molar-refractivity contribution in [3.05, 3.63) is 23.0 Å². The minimum Gasteiger partial charge on any atom is -0.397 e. The van der Waals surface area contributed by atoms with Gasteiger partial charge in [0.2, 0.25) is 0 Å². The third-order valence-electron chi connectivity index (χ3n) is 3.10. The number of anilines is 2. The van der Waals surface area contributed by atoms with Crippen molar-refractivity contribution in [3.63, 3.8) is 0 Å². The lowest BCUT2D eigenvalue weighted by Gasteiger charge is -2.30. The smallest absolute Gasteiger partial charge is 0.143 e. The minimum absolute atomic E-state index is 0.0500. The maximum Gasteiger partial charge on any atom is 0.143 e. The van der Waals surface area contributed by atoms with E-state index in [0.717, 1.165) is 6.54 Å². The van der Waals surface area contributed by atoms with E-state index in [1.807, 2.05) is 0 Å². The highest BCUT2D eigenvalue weighted by Crippen LogP contribution is 2.25. The zero-order chi connectivity index (χ0) is 14.6. The van der Waals surface area contributed by atoms with Gasteiger partial charge >= 0.3 is 0 Å². The van der Waals surface area contributed by atoms with Crippen LogP contribution in [0.5, 0.6) is 0 Å². The second kappa shape index (κ2) is 6.96. The van der Waals surface area contributed by atoms with Gasteiger partial charge in [-0.25, -0.2) is 4.39 Å². The summed E-state index contributed by atoms with van der Waals surface area (Å²) in [7, 11) is 0. The molecular formula is C14H23ClFN3. The van der Waals surface area contributed by atoms with Gasteiger partial charge in [0.1, 0.15) is 5.82 Å². The molecule has 0 aliphatic rings.